The van der Waals surface area contributed by atoms with E-state index in [0.717, 1.165) is 0 Å². The summed E-state index contributed by atoms with van der Waals surface area (Å²) >= 11 is 0. The lowest BCUT2D eigenvalue weighted by Crippen LogP contribution is -2.54. The number of aliphatic hydroxyl groups is 1. The Labute approximate surface area is 118 Å². The molecule has 0 saturated carbocycles. The SMILES string of the molecule is CC(=O)c1cccc(F)c1N1CC(CO)OC(C)(C)C1. The molecular formula is C15H20FNO3. The van der Waals surface area contributed by atoms with Crippen LogP contribution in [0.1, 0.15) is 31.1 Å². The molecule has 1 aliphatic rings. The Balaban J connectivity index is 2.42. The van der Waals surface area contributed by atoms with Gasteiger partial charge in [0.05, 0.1) is 24.0 Å². The molecule has 1 saturated heterocycles. The van der Waals surface area contributed by atoms with Gasteiger partial charge in [-0.05, 0) is 32.9 Å². The number of para-hydroxylation sites is 1. The van der Waals surface area contributed by atoms with Gasteiger partial charge in [-0.3, -0.25) is 4.79 Å². The number of Topliss-reactive ketones (excluding diaryl/α,β-unsaturated/α-hetero) is 1. The van der Waals surface area contributed by atoms with E-state index in [0.29, 0.717) is 24.3 Å². The van der Waals surface area contributed by atoms with Gasteiger partial charge in [0.25, 0.3) is 0 Å². The number of morpholine rings is 1. The molecule has 0 bridgehead atoms. The molecule has 0 amide bonds. The van der Waals surface area contributed by atoms with Crippen molar-refractivity contribution in [2.75, 3.05) is 24.6 Å². The number of aliphatic hydroxyl groups excluding tert-OH is 1. The van der Waals surface area contributed by atoms with Crippen LogP contribution in [0, 0.1) is 5.82 Å². The van der Waals surface area contributed by atoms with E-state index in [1.807, 2.05) is 13.8 Å². The van der Waals surface area contributed by atoms with Crippen molar-refractivity contribution in [1.82, 2.24) is 0 Å². The second-order valence-electron chi connectivity index (χ2n) is 5.75. The van der Waals surface area contributed by atoms with Crippen molar-refractivity contribution >= 4 is 11.5 Å². The molecule has 110 valence electrons. The summed E-state index contributed by atoms with van der Waals surface area (Å²) in [5.74, 6) is -0.601. The number of ketones is 1. The quantitative estimate of drug-likeness (QED) is 0.861. The van der Waals surface area contributed by atoms with Crippen LogP contribution in [0.25, 0.3) is 0 Å². The molecule has 0 aromatic heterocycles. The summed E-state index contributed by atoms with van der Waals surface area (Å²) in [6.45, 7) is 5.88. The van der Waals surface area contributed by atoms with Gasteiger partial charge in [-0.1, -0.05) is 6.07 Å². The van der Waals surface area contributed by atoms with Crippen molar-refractivity contribution in [1.29, 1.82) is 0 Å². The Kier molecular flexibility index (Phi) is 4.11. The van der Waals surface area contributed by atoms with E-state index in [1.54, 1.807) is 11.0 Å². The number of carbonyl (C=O) groups excluding carboxylic acids is 1. The van der Waals surface area contributed by atoms with Gasteiger partial charge >= 0.3 is 0 Å². The van der Waals surface area contributed by atoms with Gasteiger partial charge in [-0.2, -0.15) is 0 Å². The number of carbonyl (C=O) groups is 1. The molecule has 1 fully saturated rings. The first-order valence-corrected chi connectivity index (χ1v) is 6.67. The molecule has 1 N–H and O–H groups in total. The predicted octanol–water partition coefficient (Wildman–Crippen LogP) is 2.00. The maximum absolute atomic E-state index is 14.2. The van der Waals surface area contributed by atoms with Crippen LogP contribution in [0.3, 0.4) is 0 Å². The first kappa shape index (κ1) is 14.9. The maximum atomic E-state index is 14.2. The minimum Gasteiger partial charge on any atom is -0.394 e. The van der Waals surface area contributed by atoms with Crippen LogP contribution < -0.4 is 4.90 Å². The Morgan fingerprint density at radius 2 is 2.25 bits per heavy atom. The lowest BCUT2D eigenvalue weighted by Gasteiger charge is -2.43. The average molecular weight is 281 g/mol. The van der Waals surface area contributed by atoms with E-state index in [-0.39, 0.29) is 12.4 Å². The van der Waals surface area contributed by atoms with Gasteiger partial charge in [-0.15, -0.1) is 0 Å². The third kappa shape index (κ3) is 2.99. The van der Waals surface area contributed by atoms with Crippen molar-refractivity contribution in [3.8, 4) is 0 Å². The van der Waals surface area contributed by atoms with Crippen LogP contribution in [0.4, 0.5) is 10.1 Å². The normalized spacial score (nSPS) is 21.9. The lowest BCUT2D eigenvalue weighted by molar-refractivity contribution is -0.101. The van der Waals surface area contributed by atoms with Crippen LogP contribution in [0.15, 0.2) is 18.2 Å². The number of hydrogen-bond donors (Lipinski definition) is 1. The number of ether oxygens (including phenoxy) is 1. The summed E-state index contributed by atoms with van der Waals surface area (Å²) in [6.07, 6.45) is -0.391. The number of benzene rings is 1. The summed E-state index contributed by atoms with van der Waals surface area (Å²) < 4.78 is 19.9. The molecule has 1 aliphatic heterocycles. The third-order valence-electron chi connectivity index (χ3n) is 3.37. The first-order valence-electron chi connectivity index (χ1n) is 6.67. The molecule has 0 spiro atoms. The molecule has 1 aromatic carbocycles. The van der Waals surface area contributed by atoms with Crippen molar-refractivity contribution in [3.63, 3.8) is 0 Å². The molecule has 20 heavy (non-hydrogen) atoms. The van der Waals surface area contributed by atoms with Crippen LogP contribution in [-0.2, 0) is 4.74 Å². The summed E-state index contributed by atoms with van der Waals surface area (Å²) in [7, 11) is 0. The highest BCUT2D eigenvalue weighted by atomic mass is 19.1. The van der Waals surface area contributed by atoms with Gasteiger partial charge in [-0.25, -0.2) is 4.39 Å². The average Bonchev–Trinajstić information content (AvgIpc) is 2.36. The van der Waals surface area contributed by atoms with Crippen molar-refractivity contribution < 1.29 is 19.0 Å². The van der Waals surface area contributed by atoms with E-state index in [4.69, 9.17) is 4.74 Å². The molecule has 1 unspecified atom stereocenters. The van der Waals surface area contributed by atoms with Crippen LogP contribution in [0.5, 0.6) is 0 Å². The van der Waals surface area contributed by atoms with Gasteiger partial charge in [0.2, 0.25) is 0 Å². The molecule has 1 atom stereocenters. The minimum absolute atomic E-state index is 0.135. The molecular weight excluding hydrogens is 261 g/mol. The van der Waals surface area contributed by atoms with Crippen molar-refractivity contribution in [3.05, 3.63) is 29.6 Å². The van der Waals surface area contributed by atoms with E-state index in [2.05, 4.69) is 0 Å². The summed E-state index contributed by atoms with van der Waals surface area (Å²) in [5, 5.41) is 9.32. The highest BCUT2D eigenvalue weighted by Gasteiger charge is 2.35. The Morgan fingerprint density at radius 1 is 1.55 bits per heavy atom. The zero-order chi connectivity index (χ0) is 14.9. The number of rotatable bonds is 3. The zero-order valence-electron chi connectivity index (χ0n) is 12.0. The smallest absolute Gasteiger partial charge is 0.161 e. The monoisotopic (exact) mass is 281 g/mol. The van der Waals surface area contributed by atoms with Gasteiger partial charge in [0.15, 0.2) is 5.78 Å². The molecule has 0 radical (unpaired) electrons. The number of anilines is 1. The summed E-state index contributed by atoms with van der Waals surface area (Å²) in [6, 6.07) is 4.50. The maximum Gasteiger partial charge on any atom is 0.161 e. The Bertz CT molecular complexity index is 516. The lowest BCUT2D eigenvalue weighted by atomic mass is 10.0. The molecule has 1 aromatic rings. The number of nitrogens with zero attached hydrogens (tertiary/aromatic N) is 1. The topological polar surface area (TPSA) is 49.8 Å². The minimum atomic E-state index is -0.512. The van der Waals surface area contributed by atoms with Gasteiger partial charge < -0.3 is 14.7 Å². The standard InChI is InChI=1S/C15H20FNO3/c1-10(19)12-5-4-6-13(16)14(12)17-7-11(8-18)20-15(2,3)9-17/h4-6,11,18H,7-9H2,1-3H3. The third-order valence-corrected chi connectivity index (χ3v) is 3.37. The van der Waals surface area contributed by atoms with E-state index < -0.39 is 17.5 Å². The molecule has 4 nitrogen and oxygen atoms in total. The fraction of sp³-hybridized carbons (Fsp3) is 0.533. The highest BCUT2D eigenvalue weighted by molar-refractivity contribution is 5.99. The number of hydrogen-bond acceptors (Lipinski definition) is 4. The largest absolute Gasteiger partial charge is 0.394 e. The van der Waals surface area contributed by atoms with Gasteiger partial charge in [0.1, 0.15) is 5.82 Å². The van der Waals surface area contributed by atoms with Gasteiger partial charge in [0, 0.05) is 18.7 Å². The summed E-state index contributed by atoms with van der Waals surface area (Å²) in [4.78, 5) is 13.5. The fourth-order valence-corrected chi connectivity index (χ4v) is 2.68. The van der Waals surface area contributed by atoms with E-state index in [1.165, 1.54) is 19.1 Å². The molecule has 1 heterocycles. The van der Waals surface area contributed by atoms with Crippen LogP contribution in [0.2, 0.25) is 0 Å². The van der Waals surface area contributed by atoms with Crippen LogP contribution in [-0.4, -0.2) is 42.3 Å². The van der Waals surface area contributed by atoms with Crippen molar-refractivity contribution in [2.24, 2.45) is 0 Å². The fourth-order valence-electron chi connectivity index (χ4n) is 2.68. The first-order chi connectivity index (χ1) is 9.34. The van der Waals surface area contributed by atoms with E-state index >= 15 is 0 Å². The number of halogens is 1. The Hall–Kier alpha value is -1.46. The second kappa shape index (κ2) is 5.50. The predicted molar refractivity (Wildman–Crippen MR) is 74.7 cm³/mol. The molecule has 2 rings (SSSR count). The highest BCUT2D eigenvalue weighted by Crippen LogP contribution is 2.31. The zero-order valence-corrected chi connectivity index (χ0v) is 12.0. The molecule has 0 aliphatic carbocycles. The molecule has 5 heteroatoms. The van der Waals surface area contributed by atoms with E-state index in [9.17, 15) is 14.3 Å². The van der Waals surface area contributed by atoms with Crippen LogP contribution >= 0.6 is 0 Å². The Morgan fingerprint density at radius 3 is 2.85 bits per heavy atom. The summed E-state index contributed by atoms with van der Waals surface area (Å²) in [5.41, 5.74) is 0.149. The van der Waals surface area contributed by atoms with Crippen molar-refractivity contribution in [2.45, 2.75) is 32.5 Å². The second-order valence-corrected chi connectivity index (χ2v) is 5.75.